The minimum atomic E-state index is -0.128. The standard InChI is InChI=1S/C18H18ClN3O/c19-14-7-1-2-8-15(14)20-18(23)22-12-13-6-5-11-21(13)16-9-3-4-10-17(16)22/h1-4,7-10,13H,5-6,11-12H2,(H,20,23)/t13-/m0/s1. The van der Waals surface area contributed by atoms with Crippen molar-refractivity contribution in [2.45, 2.75) is 18.9 Å². The summed E-state index contributed by atoms with van der Waals surface area (Å²) in [6.45, 7) is 1.79. The largest absolute Gasteiger partial charge is 0.365 e. The monoisotopic (exact) mass is 327 g/mol. The van der Waals surface area contributed by atoms with Gasteiger partial charge in [-0.2, -0.15) is 0 Å². The molecule has 1 saturated heterocycles. The van der Waals surface area contributed by atoms with Crippen molar-refractivity contribution in [3.05, 3.63) is 53.6 Å². The van der Waals surface area contributed by atoms with Crippen molar-refractivity contribution in [3.8, 4) is 0 Å². The van der Waals surface area contributed by atoms with E-state index in [0.29, 0.717) is 23.3 Å². The van der Waals surface area contributed by atoms with Gasteiger partial charge >= 0.3 is 6.03 Å². The minimum absolute atomic E-state index is 0.128. The van der Waals surface area contributed by atoms with Gasteiger partial charge in [0.05, 0.1) is 22.1 Å². The summed E-state index contributed by atoms with van der Waals surface area (Å²) >= 11 is 6.16. The molecule has 2 heterocycles. The molecule has 1 fully saturated rings. The number of halogens is 1. The second kappa shape index (κ2) is 5.78. The number of nitrogens with one attached hydrogen (secondary N) is 1. The summed E-state index contributed by atoms with van der Waals surface area (Å²) in [4.78, 5) is 17.1. The molecule has 4 nitrogen and oxygen atoms in total. The van der Waals surface area contributed by atoms with Gasteiger partial charge in [0.15, 0.2) is 0 Å². The lowest BCUT2D eigenvalue weighted by molar-refractivity contribution is 0.256. The first-order chi connectivity index (χ1) is 11.2. The Labute approximate surface area is 140 Å². The van der Waals surface area contributed by atoms with E-state index in [0.717, 1.165) is 24.3 Å². The SMILES string of the molecule is O=C(Nc1ccccc1Cl)N1C[C@@H]2CCCN2c2ccccc21. The number of anilines is 3. The van der Waals surface area contributed by atoms with Crippen LogP contribution in [0.4, 0.5) is 21.9 Å². The third-order valence-corrected chi connectivity index (χ3v) is 4.94. The molecule has 0 radical (unpaired) electrons. The van der Waals surface area contributed by atoms with Crippen LogP contribution in [0, 0.1) is 0 Å². The summed E-state index contributed by atoms with van der Waals surface area (Å²) in [5.74, 6) is 0. The molecule has 2 aromatic rings. The van der Waals surface area contributed by atoms with E-state index >= 15 is 0 Å². The molecule has 0 spiro atoms. The summed E-state index contributed by atoms with van der Waals surface area (Å²) < 4.78 is 0. The molecular weight excluding hydrogens is 310 g/mol. The van der Waals surface area contributed by atoms with Crippen molar-refractivity contribution in [2.24, 2.45) is 0 Å². The molecule has 23 heavy (non-hydrogen) atoms. The van der Waals surface area contributed by atoms with E-state index < -0.39 is 0 Å². The zero-order valence-corrected chi connectivity index (χ0v) is 13.5. The van der Waals surface area contributed by atoms with E-state index in [1.807, 2.05) is 41.3 Å². The molecular formula is C18H18ClN3O. The third kappa shape index (κ3) is 2.53. The molecule has 1 N–H and O–H groups in total. The molecule has 0 bridgehead atoms. The lowest BCUT2D eigenvalue weighted by Crippen LogP contribution is -2.49. The maximum atomic E-state index is 12.8. The van der Waals surface area contributed by atoms with Gasteiger partial charge in [0.1, 0.15) is 0 Å². The normalized spacial score (nSPS) is 19.3. The number of nitrogens with zero attached hydrogens (tertiary/aromatic N) is 2. The highest BCUT2D eigenvalue weighted by atomic mass is 35.5. The van der Waals surface area contributed by atoms with E-state index in [9.17, 15) is 4.79 Å². The number of carbonyl (C=O) groups excluding carboxylic acids is 1. The minimum Gasteiger partial charge on any atom is -0.365 e. The number of hydrogen-bond donors (Lipinski definition) is 1. The van der Waals surface area contributed by atoms with Crippen molar-refractivity contribution in [1.82, 2.24) is 0 Å². The van der Waals surface area contributed by atoms with Crippen LogP contribution in [0.2, 0.25) is 5.02 Å². The van der Waals surface area contributed by atoms with Gasteiger partial charge in [-0.3, -0.25) is 4.90 Å². The summed E-state index contributed by atoms with van der Waals surface area (Å²) in [5.41, 5.74) is 2.76. The first-order valence-corrected chi connectivity index (χ1v) is 8.30. The predicted molar refractivity (Wildman–Crippen MR) is 94.6 cm³/mol. The topological polar surface area (TPSA) is 35.6 Å². The van der Waals surface area contributed by atoms with Crippen LogP contribution < -0.4 is 15.1 Å². The molecule has 0 aromatic heterocycles. The van der Waals surface area contributed by atoms with Gasteiger partial charge < -0.3 is 10.2 Å². The van der Waals surface area contributed by atoms with E-state index in [4.69, 9.17) is 11.6 Å². The highest BCUT2D eigenvalue weighted by molar-refractivity contribution is 6.33. The van der Waals surface area contributed by atoms with Crippen LogP contribution in [0.15, 0.2) is 48.5 Å². The van der Waals surface area contributed by atoms with Crippen LogP contribution in [0.3, 0.4) is 0 Å². The Morgan fingerprint density at radius 1 is 1.09 bits per heavy atom. The lowest BCUT2D eigenvalue weighted by atomic mass is 10.1. The van der Waals surface area contributed by atoms with Crippen LogP contribution >= 0.6 is 11.6 Å². The Balaban J connectivity index is 1.65. The van der Waals surface area contributed by atoms with Crippen molar-refractivity contribution < 1.29 is 4.79 Å². The second-order valence-corrected chi connectivity index (χ2v) is 6.41. The molecule has 0 aliphatic carbocycles. The molecule has 0 saturated carbocycles. The first-order valence-electron chi connectivity index (χ1n) is 7.93. The van der Waals surface area contributed by atoms with Gasteiger partial charge in [0.2, 0.25) is 0 Å². The Morgan fingerprint density at radius 3 is 2.65 bits per heavy atom. The molecule has 4 rings (SSSR count). The summed E-state index contributed by atoms with van der Waals surface area (Å²) in [7, 11) is 0. The van der Waals surface area contributed by atoms with E-state index in [1.54, 1.807) is 6.07 Å². The zero-order valence-electron chi connectivity index (χ0n) is 12.7. The van der Waals surface area contributed by atoms with Gasteiger partial charge in [-0.25, -0.2) is 4.79 Å². The maximum Gasteiger partial charge on any atom is 0.326 e. The molecule has 1 atom stereocenters. The Bertz CT molecular complexity index is 749. The summed E-state index contributed by atoms with van der Waals surface area (Å²) in [6, 6.07) is 15.7. The number of rotatable bonds is 1. The fourth-order valence-corrected chi connectivity index (χ4v) is 3.71. The Morgan fingerprint density at radius 2 is 1.83 bits per heavy atom. The third-order valence-electron chi connectivity index (χ3n) is 4.61. The quantitative estimate of drug-likeness (QED) is 0.844. The molecule has 2 amide bonds. The second-order valence-electron chi connectivity index (χ2n) is 6.00. The fourth-order valence-electron chi connectivity index (χ4n) is 3.52. The molecule has 2 aromatic carbocycles. The molecule has 0 unspecified atom stereocenters. The number of fused-ring (bicyclic) bond motifs is 3. The van der Waals surface area contributed by atoms with Crippen LogP contribution in [0.1, 0.15) is 12.8 Å². The summed E-state index contributed by atoms with van der Waals surface area (Å²) in [6.07, 6.45) is 2.31. The average Bonchev–Trinajstić information content (AvgIpc) is 3.05. The highest BCUT2D eigenvalue weighted by Crippen LogP contribution is 2.39. The van der Waals surface area contributed by atoms with Crippen LogP contribution in [-0.4, -0.2) is 25.2 Å². The summed E-state index contributed by atoms with van der Waals surface area (Å²) in [5, 5.41) is 3.49. The predicted octanol–water partition coefficient (Wildman–Crippen LogP) is 4.36. The van der Waals surface area contributed by atoms with Gasteiger partial charge in [0.25, 0.3) is 0 Å². The molecule has 118 valence electrons. The van der Waals surface area contributed by atoms with Crippen molar-refractivity contribution >= 4 is 34.7 Å². The molecule has 5 heteroatoms. The van der Waals surface area contributed by atoms with Crippen molar-refractivity contribution in [2.75, 3.05) is 28.2 Å². The lowest BCUT2D eigenvalue weighted by Gasteiger charge is -2.40. The van der Waals surface area contributed by atoms with Crippen LogP contribution in [0.5, 0.6) is 0 Å². The molecule has 2 aliphatic rings. The van der Waals surface area contributed by atoms with Crippen molar-refractivity contribution in [3.63, 3.8) is 0 Å². The Kier molecular flexibility index (Phi) is 3.62. The smallest absolute Gasteiger partial charge is 0.326 e. The number of amides is 2. The number of para-hydroxylation sites is 3. The van der Waals surface area contributed by atoms with Crippen molar-refractivity contribution in [1.29, 1.82) is 0 Å². The Hall–Kier alpha value is -2.20. The van der Waals surface area contributed by atoms with Crippen LogP contribution in [-0.2, 0) is 0 Å². The average molecular weight is 328 g/mol. The van der Waals surface area contributed by atoms with E-state index in [1.165, 1.54) is 6.42 Å². The van der Waals surface area contributed by atoms with Gasteiger partial charge in [-0.1, -0.05) is 35.9 Å². The van der Waals surface area contributed by atoms with Crippen LogP contribution in [0.25, 0.3) is 0 Å². The van der Waals surface area contributed by atoms with E-state index in [-0.39, 0.29) is 6.03 Å². The first kappa shape index (κ1) is 14.4. The number of carbonyl (C=O) groups is 1. The number of urea groups is 1. The van der Waals surface area contributed by atoms with E-state index in [2.05, 4.69) is 16.3 Å². The van der Waals surface area contributed by atoms with Gasteiger partial charge in [-0.05, 0) is 37.1 Å². The fraction of sp³-hybridized carbons (Fsp3) is 0.278. The van der Waals surface area contributed by atoms with Gasteiger partial charge in [0, 0.05) is 19.1 Å². The maximum absolute atomic E-state index is 12.8. The zero-order chi connectivity index (χ0) is 15.8. The number of hydrogen-bond acceptors (Lipinski definition) is 2. The molecule has 2 aliphatic heterocycles. The van der Waals surface area contributed by atoms with Gasteiger partial charge in [-0.15, -0.1) is 0 Å². The number of benzene rings is 2. The highest BCUT2D eigenvalue weighted by Gasteiger charge is 2.36.